The van der Waals surface area contributed by atoms with Gasteiger partial charge in [-0.25, -0.2) is 22.9 Å². The molecule has 3 rings (SSSR count). The number of nitrogens with two attached hydrogens (primary N) is 1. The Morgan fingerprint density at radius 1 is 1.05 bits per heavy atom. The maximum Gasteiger partial charge on any atom is 0.238 e. The highest BCUT2D eigenvalue weighted by Crippen LogP contribution is 2.29. The number of aromatic nitrogens is 1. The zero-order valence-electron chi connectivity index (χ0n) is 11.2. The van der Waals surface area contributed by atoms with Crippen molar-refractivity contribution in [1.82, 2.24) is 4.98 Å². The molecule has 0 spiro atoms. The summed E-state index contributed by atoms with van der Waals surface area (Å²) in [4.78, 5) is 4.51. The van der Waals surface area contributed by atoms with Gasteiger partial charge in [0.05, 0.1) is 10.6 Å². The van der Waals surface area contributed by atoms with Crippen molar-refractivity contribution in [1.29, 1.82) is 0 Å². The molecule has 4 nitrogen and oxygen atoms in total. The second kappa shape index (κ2) is 5.60. The van der Waals surface area contributed by atoms with Crippen molar-refractivity contribution in [2.75, 3.05) is 0 Å². The molecule has 0 saturated heterocycles. The van der Waals surface area contributed by atoms with Crippen LogP contribution in [0, 0.1) is 5.82 Å². The molecule has 0 fully saturated rings. The van der Waals surface area contributed by atoms with Crippen LogP contribution in [0.15, 0.2) is 58.8 Å². The summed E-state index contributed by atoms with van der Waals surface area (Å²) < 4.78 is 35.7. The lowest BCUT2D eigenvalue weighted by molar-refractivity contribution is 0.598. The van der Waals surface area contributed by atoms with Crippen molar-refractivity contribution in [2.24, 2.45) is 5.14 Å². The molecule has 7 heteroatoms. The second-order valence-electron chi connectivity index (χ2n) is 4.62. The predicted molar refractivity (Wildman–Crippen MR) is 84.3 cm³/mol. The maximum atomic E-state index is 13.2. The standard InChI is InChI=1S/C15H11FN2O2S2/c16-12-3-1-2-11(8-12)15-18-14(9-21-15)10-4-6-13(7-5-10)22(17,19)20/h1-9H,(H2,17,19,20). The Morgan fingerprint density at radius 2 is 1.77 bits per heavy atom. The molecule has 0 radical (unpaired) electrons. The molecule has 2 N–H and O–H groups in total. The van der Waals surface area contributed by atoms with Gasteiger partial charge in [-0.1, -0.05) is 24.3 Å². The summed E-state index contributed by atoms with van der Waals surface area (Å²) in [6, 6.07) is 12.4. The molecule has 0 atom stereocenters. The largest absolute Gasteiger partial charge is 0.238 e. The third-order valence-electron chi connectivity index (χ3n) is 3.05. The van der Waals surface area contributed by atoms with Crippen LogP contribution >= 0.6 is 11.3 Å². The fourth-order valence-corrected chi connectivity index (χ4v) is 3.32. The van der Waals surface area contributed by atoms with Gasteiger partial charge in [-0.15, -0.1) is 11.3 Å². The first-order valence-electron chi connectivity index (χ1n) is 6.28. The van der Waals surface area contributed by atoms with Crippen molar-refractivity contribution in [3.05, 3.63) is 59.7 Å². The number of hydrogen-bond donors (Lipinski definition) is 1. The smallest absolute Gasteiger partial charge is 0.236 e. The lowest BCUT2D eigenvalue weighted by Gasteiger charge is -2.00. The van der Waals surface area contributed by atoms with Crippen molar-refractivity contribution in [3.8, 4) is 21.8 Å². The van der Waals surface area contributed by atoms with Gasteiger partial charge in [0.1, 0.15) is 10.8 Å². The Kier molecular flexibility index (Phi) is 3.78. The number of nitrogens with zero attached hydrogens (tertiary/aromatic N) is 1. The zero-order valence-corrected chi connectivity index (χ0v) is 12.9. The van der Waals surface area contributed by atoms with Gasteiger partial charge in [0.25, 0.3) is 0 Å². The van der Waals surface area contributed by atoms with Crippen LogP contribution in [-0.2, 0) is 10.0 Å². The van der Waals surface area contributed by atoms with E-state index in [2.05, 4.69) is 4.98 Å². The second-order valence-corrected chi connectivity index (χ2v) is 7.04. The molecule has 1 heterocycles. The number of thiazole rings is 1. The highest BCUT2D eigenvalue weighted by Gasteiger charge is 2.10. The Bertz CT molecular complexity index is 919. The molecule has 1 aromatic heterocycles. The molecule has 112 valence electrons. The Balaban J connectivity index is 1.94. The third kappa shape index (κ3) is 3.06. The summed E-state index contributed by atoms with van der Waals surface area (Å²) in [5.41, 5.74) is 2.17. The van der Waals surface area contributed by atoms with Crippen LogP contribution in [0.2, 0.25) is 0 Å². The minimum atomic E-state index is -3.70. The molecule has 0 unspecified atom stereocenters. The number of halogens is 1. The van der Waals surface area contributed by atoms with Gasteiger partial charge in [-0.3, -0.25) is 0 Å². The number of hydrogen-bond acceptors (Lipinski definition) is 4. The monoisotopic (exact) mass is 334 g/mol. The SMILES string of the molecule is NS(=O)(=O)c1ccc(-c2csc(-c3cccc(F)c3)n2)cc1. The first-order chi connectivity index (χ1) is 10.4. The summed E-state index contributed by atoms with van der Waals surface area (Å²) in [6.45, 7) is 0. The van der Waals surface area contributed by atoms with Crippen molar-refractivity contribution in [3.63, 3.8) is 0 Å². The van der Waals surface area contributed by atoms with Crippen LogP contribution in [0.3, 0.4) is 0 Å². The number of benzene rings is 2. The molecule has 0 aliphatic rings. The third-order valence-corrected chi connectivity index (χ3v) is 4.87. The van der Waals surface area contributed by atoms with E-state index in [-0.39, 0.29) is 10.7 Å². The van der Waals surface area contributed by atoms with Crippen LogP contribution in [0.4, 0.5) is 4.39 Å². The summed E-state index contributed by atoms with van der Waals surface area (Å²) in [5.74, 6) is -0.313. The van der Waals surface area contributed by atoms with Gasteiger partial charge in [-0.2, -0.15) is 0 Å². The van der Waals surface area contributed by atoms with E-state index in [0.29, 0.717) is 16.3 Å². The van der Waals surface area contributed by atoms with Gasteiger partial charge in [0, 0.05) is 16.5 Å². The molecular formula is C15H11FN2O2S2. The highest BCUT2D eigenvalue weighted by atomic mass is 32.2. The quantitative estimate of drug-likeness (QED) is 0.799. The van der Waals surface area contributed by atoms with E-state index in [1.165, 1.54) is 35.6 Å². The van der Waals surface area contributed by atoms with Crippen LogP contribution in [-0.4, -0.2) is 13.4 Å². The topological polar surface area (TPSA) is 73.1 Å². The average Bonchev–Trinajstić information content (AvgIpc) is 2.96. The first-order valence-corrected chi connectivity index (χ1v) is 8.71. The van der Waals surface area contributed by atoms with Crippen LogP contribution in [0.1, 0.15) is 0 Å². The molecule has 2 aromatic carbocycles. The molecular weight excluding hydrogens is 323 g/mol. The van der Waals surface area contributed by atoms with Crippen LogP contribution in [0.5, 0.6) is 0 Å². The lowest BCUT2D eigenvalue weighted by atomic mass is 10.2. The van der Waals surface area contributed by atoms with Gasteiger partial charge < -0.3 is 0 Å². The predicted octanol–water partition coefficient (Wildman–Crippen LogP) is 3.26. The molecule has 0 aliphatic heterocycles. The zero-order chi connectivity index (χ0) is 15.7. The minimum absolute atomic E-state index is 0.0526. The summed E-state index contributed by atoms with van der Waals surface area (Å²) >= 11 is 1.40. The van der Waals surface area contributed by atoms with E-state index in [9.17, 15) is 12.8 Å². The lowest BCUT2D eigenvalue weighted by Crippen LogP contribution is -2.11. The first kappa shape index (κ1) is 14.8. The molecule has 0 aliphatic carbocycles. The Hall–Kier alpha value is -2.09. The van der Waals surface area contributed by atoms with E-state index >= 15 is 0 Å². The summed E-state index contributed by atoms with van der Waals surface area (Å²) in [5, 5.41) is 7.60. The average molecular weight is 334 g/mol. The van der Waals surface area contributed by atoms with E-state index in [1.807, 2.05) is 5.38 Å². The molecule has 0 bridgehead atoms. The molecule has 22 heavy (non-hydrogen) atoms. The number of primary sulfonamides is 1. The van der Waals surface area contributed by atoms with Gasteiger partial charge in [0.2, 0.25) is 10.0 Å². The summed E-state index contributed by atoms with van der Waals surface area (Å²) in [7, 11) is -3.70. The highest BCUT2D eigenvalue weighted by molar-refractivity contribution is 7.89. The van der Waals surface area contributed by atoms with Crippen molar-refractivity contribution >= 4 is 21.4 Å². The minimum Gasteiger partial charge on any atom is -0.236 e. The maximum absolute atomic E-state index is 13.2. The summed E-state index contributed by atoms with van der Waals surface area (Å²) in [6.07, 6.45) is 0. The Labute approximate surface area is 131 Å². The Morgan fingerprint density at radius 3 is 2.41 bits per heavy atom. The van der Waals surface area contributed by atoms with E-state index in [4.69, 9.17) is 5.14 Å². The van der Waals surface area contributed by atoms with Crippen molar-refractivity contribution in [2.45, 2.75) is 4.90 Å². The van der Waals surface area contributed by atoms with Gasteiger partial charge in [0.15, 0.2) is 0 Å². The normalized spacial score (nSPS) is 11.5. The number of rotatable bonds is 3. The van der Waals surface area contributed by atoms with Crippen LogP contribution < -0.4 is 5.14 Å². The van der Waals surface area contributed by atoms with Crippen molar-refractivity contribution < 1.29 is 12.8 Å². The van der Waals surface area contributed by atoms with E-state index < -0.39 is 10.0 Å². The molecule has 3 aromatic rings. The fraction of sp³-hybridized carbons (Fsp3) is 0. The molecule has 0 amide bonds. The van der Waals surface area contributed by atoms with Gasteiger partial charge in [-0.05, 0) is 24.3 Å². The fourth-order valence-electron chi connectivity index (χ4n) is 1.98. The van der Waals surface area contributed by atoms with E-state index in [0.717, 1.165) is 5.56 Å². The van der Waals surface area contributed by atoms with Gasteiger partial charge >= 0.3 is 0 Å². The molecule has 0 saturated carbocycles. The number of sulfonamides is 1. The van der Waals surface area contributed by atoms with E-state index in [1.54, 1.807) is 24.3 Å². The van der Waals surface area contributed by atoms with Crippen LogP contribution in [0.25, 0.3) is 21.8 Å².